The topological polar surface area (TPSA) is 75.2 Å². The lowest BCUT2D eigenvalue weighted by atomic mass is 10.0. The zero-order valence-corrected chi connectivity index (χ0v) is 17.3. The number of nitrogens with one attached hydrogen (secondary N) is 2. The molecular formula is C20H38N4O3. The van der Waals surface area contributed by atoms with E-state index in [4.69, 9.17) is 9.47 Å². The van der Waals surface area contributed by atoms with Gasteiger partial charge in [0.25, 0.3) is 0 Å². The second-order valence-electron chi connectivity index (χ2n) is 7.81. The van der Waals surface area contributed by atoms with Crippen LogP contribution in [0.1, 0.15) is 46.5 Å². The van der Waals surface area contributed by atoms with E-state index in [9.17, 15) is 4.79 Å². The van der Waals surface area contributed by atoms with E-state index in [1.807, 2.05) is 18.7 Å². The van der Waals surface area contributed by atoms with Crippen LogP contribution in [0.15, 0.2) is 4.99 Å². The van der Waals surface area contributed by atoms with Gasteiger partial charge in [0.1, 0.15) is 0 Å². The van der Waals surface area contributed by atoms with Gasteiger partial charge in [0.2, 0.25) is 5.91 Å². The molecule has 0 aromatic heterocycles. The zero-order valence-electron chi connectivity index (χ0n) is 17.3. The Balaban J connectivity index is 1.64. The molecule has 0 aromatic rings. The van der Waals surface area contributed by atoms with Gasteiger partial charge in [-0.1, -0.05) is 13.8 Å². The molecule has 2 heterocycles. The predicted octanol–water partition coefficient (Wildman–Crippen LogP) is 1.63. The molecule has 1 amide bonds. The average molecular weight is 383 g/mol. The first-order chi connectivity index (χ1) is 13.1. The second kappa shape index (κ2) is 12.2. The third-order valence-corrected chi connectivity index (χ3v) is 5.09. The quantitative estimate of drug-likeness (QED) is 0.360. The molecule has 27 heavy (non-hydrogen) atoms. The number of hydrogen-bond acceptors (Lipinski definition) is 4. The van der Waals surface area contributed by atoms with E-state index in [0.29, 0.717) is 5.92 Å². The molecule has 2 aliphatic heterocycles. The standard InChI is InChI=1S/C20H38N4O3/c1-4-21-20(23-18-6-10-24(14-18)19(25)16(2)3)22-9-5-11-27-15-17-7-12-26-13-8-17/h16-18H,4-15H2,1-3H3,(H2,21,22,23). The lowest BCUT2D eigenvalue weighted by Gasteiger charge is -2.21. The van der Waals surface area contributed by atoms with Gasteiger partial charge in [-0.05, 0) is 38.5 Å². The third kappa shape index (κ3) is 8.05. The van der Waals surface area contributed by atoms with Gasteiger partial charge < -0.3 is 25.0 Å². The molecule has 0 saturated carbocycles. The first-order valence-corrected chi connectivity index (χ1v) is 10.6. The lowest BCUT2D eigenvalue weighted by molar-refractivity contribution is -0.133. The van der Waals surface area contributed by atoms with Gasteiger partial charge in [0.15, 0.2) is 5.96 Å². The van der Waals surface area contributed by atoms with Crippen LogP contribution in [0.3, 0.4) is 0 Å². The SMILES string of the molecule is CCNC(=NCCCOCC1CCOCC1)NC1CCN(C(=O)C(C)C)C1. The summed E-state index contributed by atoms with van der Waals surface area (Å²) in [5, 5.41) is 6.77. The number of guanidine groups is 1. The van der Waals surface area contributed by atoms with Crippen molar-refractivity contribution < 1.29 is 14.3 Å². The Hall–Kier alpha value is -1.34. The number of ether oxygens (including phenoxy) is 2. The maximum atomic E-state index is 12.1. The molecule has 0 bridgehead atoms. The molecule has 1 atom stereocenters. The summed E-state index contributed by atoms with van der Waals surface area (Å²) in [6.45, 7) is 12.5. The van der Waals surface area contributed by atoms with E-state index in [1.165, 1.54) is 0 Å². The van der Waals surface area contributed by atoms with Crippen LogP contribution < -0.4 is 10.6 Å². The number of carbonyl (C=O) groups is 1. The van der Waals surface area contributed by atoms with E-state index >= 15 is 0 Å². The van der Waals surface area contributed by atoms with Crippen LogP contribution in [-0.2, 0) is 14.3 Å². The first kappa shape index (κ1) is 22.0. The summed E-state index contributed by atoms with van der Waals surface area (Å²) in [5.41, 5.74) is 0. The van der Waals surface area contributed by atoms with E-state index in [1.54, 1.807) is 0 Å². The molecule has 0 aliphatic carbocycles. The largest absolute Gasteiger partial charge is 0.381 e. The van der Waals surface area contributed by atoms with Crippen LogP contribution >= 0.6 is 0 Å². The highest BCUT2D eigenvalue weighted by atomic mass is 16.5. The highest BCUT2D eigenvalue weighted by Gasteiger charge is 2.27. The minimum atomic E-state index is 0.0618. The summed E-state index contributed by atoms with van der Waals surface area (Å²) in [7, 11) is 0. The number of nitrogens with zero attached hydrogens (tertiary/aromatic N) is 2. The molecule has 7 heteroatoms. The smallest absolute Gasteiger partial charge is 0.225 e. The molecule has 0 aromatic carbocycles. The molecule has 2 N–H and O–H groups in total. The minimum Gasteiger partial charge on any atom is -0.381 e. The highest BCUT2D eigenvalue weighted by molar-refractivity contribution is 5.81. The van der Waals surface area contributed by atoms with E-state index in [0.717, 1.165) is 84.2 Å². The summed E-state index contributed by atoms with van der Waals surface area (Å²) in [5.74, 6) is 1.79. The van der Waals surface area contributed by atoms with Crippen molar-refractivity contribution in [3.05, 3.63) is 0 Å². The van der Waals surface area contributed by atoms with Crippen LogP contribution in [0, 0.1) is 11.8 Å². The summed E-state index contributed by atoms with van der Waals surface area (Å²) < 4.78 is 11.2. The maximum absolute atomic E-state index is 12.1. The summed E-state index contributed by atoms with van der Waals surface area (Å²) in [6.07, 6.45) is 4.12. The summed E-state index contributed by atoms with van der Waals surface area (Å²) >= 11 is 0. The van der Waals surface area contributed by atoms with Gasteiger partial charge in [-0.25, -0.2) is 0 Å². The van der Waals surface area contributed by atoms with Gasteiger partial charge in [0.05, 0.1) is 0 Å². The number of likely N-dealkylation sites (tertiary alicyclic amines) is 1. The highest BCUT2D eigenvalue weighted by Crippen LogP contribution is 2.15. The van der Waals surface area contributed by atoms with Gasteiger partial charge in [-0.3, -0.25) is 9.79 Å². The van der Waals surface area contributed by atoms with E-state index in [2.05, 4.69) is 22.5 Å². The van der Waals surface area contributed by atoms with Gasteiger partial charge in [0, 0.05) is 64.6 Å². The van der Waals surface area contributed by atoms with Crippen LogP contribution in [0.2, 0.25) is 0 Å². The number of hydrogen-bond donors (Lipinski definition) is 2. The fourth-order valence-corrected chi connectivity index (χ4v) is 3.48. The number of amides is 1. The molecule has 2 fully saturated rings. The molecule has 2 rings (SSSR count). The fraction of sp³-hybridized carbons (Fsp3) is 0.900. The second-order valence-corrected chi connectivity index (χ2v) is 7.81. The van der Waals surface area contributed by atoms with Crippen molar-refractivity contribution in [1.82, 2.24) is 15.5 Å². The minimum absolute atomic E-state index is 0.0618. The molecule has 1 unspecified atom stereocenters. The van der Waals surface area contributed by atoms with Crippen LogP contribution in [0.25, 0.3) is 0 Å². The normalized spacial score (nSPS) is 21.7. The van der Waals surface area contributed by atoms with Crippen molar-refractivity contribution in [3.8, 4) is 0 Å². The Morgan fingerprint density at radius 2 is 2.07 bits per heavy atom. The molecule has 2 saturated heterocycles. The number of aliphatic imine (C=N–C) groups is 1. The van der Waals surface area contributed by atoms with Crippen molar-refractivity contribution in [2.45, 2.75) is 52.5 Å². The maximum Gasteiger partial charge on any atom is 0.225 e. The lowest BCUT2D eigenvalue weighted by Crippen LogP contribution is -2.45. The third-order valence-electron chi connectivity index (χ3n) is 5.09. The molecule has 0 spiro atoms. The van der Waals surface area contributed by atoms with Crippen molar-refractivity contribution in [2.75, 3.05) is 52.6 Å². The van der Waals surface area contributed by atoms with Crippen LogP contribution in [0.5, 0.6) is 0 Å². The molecule has 0 radical (unpaired) electrons. The molecular weight excluding hydrogens is 344 g/mol. The Kier molecular flexibility index (Phi) is 9.91. The van der Waals surface area contributed by atoms with Gasteiger partial charge >= 0.3 is 0 Å². The zero-order chi connectivity index (χ0) is 19.5. The summed E-state index contributed by atoms with van der Waals surface area (Å²) in [6, 6.07) is 0.273. The van der Waals surface area contributed by atoms with E-state index in [-0.39, 0.29) is 17.9 Å². The average Bonchev–Trinajstić information content (AvgIpc) is 3.13. The molecule has 2 aliphatic rings. The first-order valence-electron chi connectivity index (χ1n) is 10.6. The Morgan fingerprint density at radius 1 is 1.30 bits per heavy atom. The predicted molar refractivity (Wildman–Crippen MR) is 108 cm³/mol. The van der Waals surface area contributed by atoms with Gasteiger partial charge in [-0.2, -0.15) is 0 Å². The van der Waals surface area contributed by atoms with Crippen molar-refractivity contribution in [2.24, 2.45) is 16.8 Å². The summed E-state index contributed by atoms with van der Waals surface area (Å²) in [4.78, 5) is 18.7. The Bertz CT molecular complexity index is 464. The molecule has 7 nitrogen and oxygen atoms in total. The monoisotopic (exact) mass is 382 g/mol. The number of rotatable bonds is 9. The Labute approximate surface area is 164 Å². The van der Waals surface area contributed by atoms with Crippen molar-refractivity contribution in [1.29, 1.82) is 0 Å². The van der Waals surface area contributed by atoms with Gasteiger partial charge in [-0.15, -0.1) is 0 Å². The van der Waals surface area contributed by atoms with Crippen molar-refractivity contribution >= 4 is 11.9 Å². The van der Waals surface area contributed by atoms with Crippen LogP contribution in [-0.4, -0.2) is 75.4 Å². The van der Waals surface area contributed by atoms with E-state index < -0.39 is 0 Å². The van der Waals surface area contributed by atoms with Crippen LogP contribution in [0.4, 0.5) is 0 Å². The fourth-order valence-electron chi connectivity index (χ4n) is 3.48. The molecule has 156 valence electrons. The number of carbonyl (C=O) groups excluding carboxylic acids is 1. The van der Waals surface area contributed by atoms with Crippen molar-refractivity contribution in [3.63, 3.8) is 0 Å². The Morgan fingerprint density at radius 3 is 2.78 bits per heavy atom.